The monoisotopic (exact) mass is 223 g/mol. The van der Waals surface area contributed by atoms with Crippen molar-refractivity contribution in [1.82, 2.24) is 15.2 Å². The summed E-state index contributed by atoms with van der Waals surface area (Å²) < 4.78 is 5.47. The van der Waals surface area contributed by atoms with Gasteiger partial charge in [-0.2, -0.15) is 4.98 Å². The minimum absolute atomic E-state index is 0.131. The van der Waals surface area contributed by atoms with E-state index >= 15 is 0 Å². The van der Waals surface area contributed by atoms with Gasteiger partial charge in [0.15, 0.2) is 5.82 Å². The second-order valence-corrected chi connectivity index (χ2v) is 3.28. The Morgan fingerprint density at radius 1 is 1.50 bits per heavy atom. The van der Waals surface area contributed by atoms with E-state index in [1.165, 1.54) is 0 Å². The molecule has 0 fully saturated rings. The number of anilines is 2. The Morgan fingerprint density at radius 2 is 2.25 bits per heavy atom. The predicted octanol–water partition coefficient (Wildman–Crippen LogP) is 1.23. The molecule has 0 saturated carbocycles. The fourth-order valence-corrected chi connectivity index (χ4v) is 0.974. The van der Waals surface area contributed by atoms with Crippen LogP contribution in [0.1, 0.15) is 20.8 Å². The number of nitrogens with one attached hydrogen (secondary N) is 1. The van der Waals surface area contributed by atoms with E-state index < -0.39 is 0 Å². The molecule has 16 heavy (non-hydrogen) atoms. The zero-order chi connectivity index (χ0) is 12.0. The molecule has 1 aromatic rings. The maximum atomic E-state index is 5.47. The predicted molar refractivity (Wildman–Crippen MR) is 63.3 cm³/mol. The van der Waals surface area contributed by atoms with Crippen molar-refractivity contribution >= 4 is 11.8 Å². The van der Waals surface area contributed by atoms with Crippen molar-refractivity contribution in [3.05, 3.63) is 11.6 Å². The summed E-state index contributed by atoms with van der Waals surface area (Å²) in [4.78, 5) is 4.02. The highest BCUT2D eigenvalue weighted by Crippen LogP contribution is 2.18. The number of allylic oxidation sites excluding steroid dienone is 1. The maximum absolute atomic E-state index is 5.47. The molecule has 0 aliphatic rings. The molecule has 0 bridgehead atoms. The Morgan fingerprint density at radius 3 is 2.88 bits per heavy atom. The summed E-state index contributed by atoms with van der Waals surface area (Å²) in [7, 11) is 0. The van der Waals surface area contributed by atoms with Gasteiger partial charge in [0.25, 0.3) is 5.88 Å². The van der Waals surface area contributed by atoms with Crippen LogP contribution in [-0.2, 0) is 0 Å². The molecule has 1 aromatic heterocycles. The number of nitrogens with two attached hydrogens (primary N) is 1. The lowest BCUT2D eigenvalue weighted by Gasteiger charge is -2.09. The van der Waals surface area contributed by atoms with E-state index in [1.54, 1.807) is 0 Å². The number of ether oxygens (including phenoxy) is 1. The molecule has 6 nitrogen and oxygen atoms in total. The van der Waals surface area contributed by atoms with Crippen molar-refractivity contribution in [2.24, 2.45) is 0 Å². The first-order chi connectivity index (χ1) is 7.67. The van der Waals surface area contributed by atoms with E-state index in [2.05, 4.69) is 20.5 Å². The summed E-state index contributed by atoms with van der Waals surface area (Å²) >= 11 is 0. The van der Waals surface area contributed by atoms with Gasteiger partial charge in [-0.3, -0.25) is 0 Å². The number of nitrogen functional groups attached to an aromatic ring is 1. The van der Waals surface area contributed by atoms with Gasteiger partial charge in [0.2, 0.25) is 5.95 Å². The Hall–Kier alpha value is -1.85. The summed E-state index contributed by atoms with van der Waals surface area (Å²) in [5, 5.41) is 10.5. The fraction of sp³-hybridized carbons (Fsp3) is 0.500. The normalized spacial score (nSPS) is 11.3. The first-order valence-corrected chi connectivity index (χ1v) is 5.16. The zero-order valence-electron chi connectivity index (χ0n) is 9.82. The summed E-state index contributed by atoms with van der Waals surface area (Å²) in [6, 6.07) is 0. The molecule has 0 spiro atoms. The van der Waals surface area contributed by atoms with E-state index in [0.717, 1.165) is 12.1 Å². The third-order valence-electron chi connectivity index (χ3n) is 1.95. The molecule has 1 heterocycles. The van der Waals surface area contributed by atoms with Crippen LogP contribution in [0.5, 0.6) is 5.88 Å². The molecule has 0 aromatic carbocycles. The van der Waals surface area contributed by atoms with E-state index in [4.69, 9.17) is 10.5 Å². The van der Waals surface area contributed by atoms with Crippen molar-refractivity contribution < 1.29 is 4.74 Å². The fourth-order valence-electron chi connectivity index (χ4n) is 0.974. The molecule has 0 radical (unpaired) electrons. The highest BCUT2D eigenvalue weighted by atomic mass is 16.5. The highest BCUT2D eigenvalue weighted by molar-refractivity contribution is 5.46. The molecule has 3 N–H and O–H groups in total. The molecule has 0 saturated heterocycles. The first kappa shape index (κ1) is 12.2. The van der Waals surface area contributed by atoms with Gasteiger partial charge in [0.05, 0.1) is 0 Å². The summed E-state index contributed by atoms with van der Waals surface area (Å²) in [5.74, 6) is 1.03. The molecule has 6 heteroatoms. The lowest BCUT2D eigenvalue weighted by molar-refractivity contribution is 0.334. The molecule has 88 valence electrons. The molecular weight excluding hydrogens is 206 g/mol. The van der Waals surface area contributed by atoms with E-state index in [-0.39, 0.29) is 5.95 Å². The first-order valence-electron chi connectivity index (χ1n) is 5.16. The van der Waals surface area contributed by atoms with E-state index in [1.807, 2.05) is 26.8 Å². The number of aromatic nitrogens is 3. The van der Waals surface area contributed by atoms with Crippen molar-refractivity contribution in [2.75, 3.05) is 24.2 Å². The molecule has 1 rings (SSSR count). The quantitative estimate of drug-likeness (QED) is 0.730. The van der Waals surface area contributed by atoms with Crippen LogP contribution in [0.15, 0.2) is 11.6 Å². The van der Waals surface area contributed by atoms with Gasteiger partial charge in [0, 0.05) is 6.54 Å². The van der Waals surface area contributed by atoms with Crippen LogP contribution in [0.3, 0.4) is 0 Å². The van der Waals surface area contributed by atoms with Crippen LogP contribution in [0.4, 0.5) is 11.8 Å². The third kappa shape index (κ3) is 3.38. The molecule has 0 aliphatic heterocycles. The van der Waals surface area contributed by atoms with Crippen LogP contribution in [-0.4, -0.2) is 28.3 Å². The Labute approximate surface area is 94.9 Å². The lowest BCUT2D eigenvalue weighted by Crippen LogP contribution is -2.10. The topological polar surface area (TPSA) is 86.0 Å². The van der Waals surface area contributed by atoms with Gasteiger partial charge in [-0.1, -0.05) is 6.08 Å². The average Bonchev–Trinajstić information content (AvgIpc) is 2.28. The van der Waals surface area contributed by atoms with E-state index in [0.29, 0.717) is 18.3 Å². The van der Waals surface area contributed by atoms with Crippen molar-refractivity contribution in [1.29, 1.82) is 0 Å². The van der Waals surface area contributed by atoms with Crippen LogP contribution < -0.4 is 15.8 Å². The van der Waals surface area contributed by atoms with Crippen molar-refractivity contribution in [2.45, 2.75) is 20.8 Å². The number of hydrogen-bond donors (Lipinski definition) is 2. The van der Waals surface area contributed by atoms with E-state index in [9.17, 15) is 0 Å². The highest BCUT2D eigenvalue weighted by Gasteiger charge is 2.08. The molecular formula is C10H17N5O. The minimum Gasteiger partial charge on any atom is -0.469 e. The third-order valence-corrected chi connectivity index (χ3v) is 1.95. The van der Waals surface area contributed by atoms with Crippen LogP contribution in [0.2, 0.25) is 0 Å². The molecule has 0 unspecified atom stereocenters. The Bertz CT molecular complexity index is 377. The zero-order valence-corrected chi connectivity index (χ0v) is 9.82. The summed E-state index contributed by atoms with van der Waals surface area (Å²) in [5.41, 5.74) is 6.56. The van der Waals surface area contributed by atoms with Crippen LogP contribution in [0, 0.1) is 0 Å². The van der Waals surface area contributed by atoms with Crippen LogP contribution >= 0.6 is 0 Å². The minimum atomic E-state index is 0.131. The summed E-state index contributed by atoms with van der Waals surface area (Å²) in [6.45, 7) is 7.08. The maximum Gasteiger partial charge on any atom is 0.277 e. The second kappa shape index (κ2) is 5.89. The van der Waals surface area contributed by atoms with Gasteiger partial charge in [0.1, 0.15) is 6.61 Å². The van der Waals surface area contributed by atoms with Crippen molar-refractivity contribution in [3.8, 4) is 5.88 Å². The summed E-state index contributed by atoms with van der Waals surface area (Å²) in [6.07, 6.45) is 1.98. The molecule has 0 amide bonds. The second-order valence-electron chi connectivity index (χ2n) is 3.28. The molecule has 0 aliphatic carbocycles. The van der Waals surface area contributed by atoms with Gasteiger partial charge in [-0.25, -0.2) is 0 Å². The smallest absolute Gasteiger partial charge is 0.277 e. The Kier molecular flexibility index (Phi) is 4.50. The number of nitrogens with zero attached hydrogens (tertiary/aromatic N) is 3. The van der Waals surface area contributed by atoms with Gasteiger partial charge in [-0.15, -0.1) is 10.2 Å². The molecule has 0 atom stereocenters. The largest absolute Gasteiger partial charge is 0.469 e. The van der Waals surface area contributed by atoms with Gasteiger partial charge >= 0.3 is 0 Å². The standard InChI is InChI=1S/C10H17N5O/c1-4-7(3)6-16-9-8(12-5-2)13-10(11)15-14-9/h4H,5-6H2,1-3H3,(H3,11,12,13,15). The average molecular weight is 223 g/mol. The number of hydrogen-bond acceptors (Lipinski definition) is 6. The lowest BCUT2D eigenvalue weighted by atomic mass is 10.3. The van der Waals surface area contributed by atoms with Gasteiger partial charge < -0.3 is 15.8 Å². The van der Waals surface area contributed by atoms with Gasteiger partial charge in [-0.05, 0) is 26.3 Å². The van der Waals surface area contributed by atoms with Crippen molar-refractivity contribution in [3.63, 3.8) is 0 Å². The Balaban J connectivity index is 2.77. The number of rotatable bonds is 5. The SMILES string of the molecule is CC=C(C)COc1nnc(N)nc1NCC. The van der Waals surface area contributed by atoms with Crippen LogP contribution in [0.25, 0.3) is 0 Å².